The zero-order valence-electron chi connectivity index (χ0n) is 10.8. The Morgan fingerprint density at radius 2 is 2.17 bits per heavy atom. The number of rotatable bonds is 5. The molecule has 4 heteroatoms. The maximum Gasteiger partial charge on any atom is 0.123 e. The molecule has 2 rings (SSSR count). The number of benzene rings is 1. The summed E-state index contributed by atoms with van der Waals surface area (Å²) in [5.74, 6) is 1.71. The van der Waals surface area contributed by atoms with Crippen LogP contribution in [0.5, 0.6) is 5.75 Å². The summed E-state index contributed by atoms with van der Waals surface area (Å²) < 4.78 is 6.49. The van der Waals surface area contributed by atoms with Crippen LogP contribution in [0.25, 0.3) is 0 Å². The first-order valence-electron chi connectivity index (χ1n) is 6.23. The van der Waals surface area contributed by atoms with Crippen LogP contribution < -0.4 is 4.74 Å². The van der Waals surface area contributed by atoms with Gasteiger partial charge in [-0.2, -0.15) is 0 Å². The first-order valence-corrected chi connectivity index (χ1v) is 7.46. The summed E-state index contributed by atoms with van der Waals surface area (Å²) in [6, 6.07) is 6.14. The fourth-order valence-corrected chi connectivity index (χ4v) is 3.38. The van der Waals surface area contributed by atoms with E-state index in [2.05, 4.69) is 33.9 Å². The maximum absolute atomic E-state index is 6.01. The van der Waals surface area contributed by atoms with Crippen LogP contribution in [0.1, 0.15) is 18.4 Å². The predicted octanol–water partition coefficient (Wildman–Crippen LogP) is 3.91. The summed E-state index contributed by atoms with van der Waals surface area (Å²) in [5.41, 5.74) is 1.22. The van der Waals surface area contributed by atoms with Crippen molar-refractivity contribution in [3.8, 4) is 5.75 Å². The lowest BCUT2D eigenvalue weighted by Crippen LogP contribution is -2.34. The highest BCUT2D eigenvalue weighted by atomic mass is 79.9. The molecule has 1 fully saturated rings. The molecule has 100 valence electrons. The molecule has 1 saturated carbocycles. The van der Waals surface area contributed by atoms with Crippen molar-refractivity contribution in [2.75, 3.05) is 20.7 Å². The molecule has 1 aliphatic rings. The van der Waals surface area contributed by atoms with Gasteiger partial charge in [0.2, 0.25) is 0 Å². The van der Waals surface area contributed by atoms with Gasteiger partial charge in [0.1, 0.15) is 5.75 Å². The minimum atomic E-state index is 0.406. The number of methoxy groups -OCH3 is 1. The van der Waals surface area contributed by atoms with E-state index in [-0.39, 0.29) is 0 Å². The van der Waals surface area contributed by atoms with Crippen molar-refractivity contribution in [2.24, 2.45) is 5.92 Å². The van der Waals surface area contributed by atoms with E-state index >= 15 is 0 Å². The standard InChI is InChI=1S/C14H19BrClNO/c1-17(8-10-5-13(16)6-10)9-11-7-12(15)3-4-14(11)18-2/h3-4,7,10,13H,5-6,8-9H2,1-2H3. The highest BCUT2D eigenvalue weighted by Gasteiger charge is 2.28. The van der Waals surface area contributed by atoms with Gasteiger partial charge in [-0.3, -0.25) is 0 Å². The Hall–Kier alpha value is -0.250. The van der Waals surface area contributed by atoms with Gasteiger partial charge in [-0.1, -0.05) is 15.9 Å². The van der Waals surface area contributed by atoms with Gasteiger partial charge in [0.15, 0.2) is 0 Å². The van der Waals surface area contributed by atoms with Crippen molar-refractivity contribution >= 4 is 27.5 Å². The third-order valence-corrected chi connectivity index (χ3v) is 4.28. The van der Waals surface area contributed by atoms with Crippen LogP contribution in [0.4, 0.5) is 0 Å². The van der Waals surface area contributed by atoms with Crippen molar-refractivity contribution < 1.29 is 4.74 Å². The molecular weight excluding hydrogens is 314 g/mol. The Morgan fingerprint density at radius 3 is 2.78 bits per heavy atom. The van der Waals surface area contributed by atoms with Gasteiger partial charge in [0.05, 0.1) is 7.11 Å². The van der Waals surface area contributed by atoms with Gasteiger partial charge in [-0.05, 0) is 44.0 Å². The SMILES string of the molecule is COc1ccc(Br)cc1CN(C)CC1CC(Cl)C1. The van der Waals surface area contributed by atoms with E-state index in [1.807, 2.05) is 12.1 Å². The Balaban J connectivity index is 1.93. The summed E-state index contributed by atoms with van der Waals surface area (Å²) >= 11 is 9.52. The van der Waals surface area contributed by atoms with Gasteiger partial charge in [0, 0.05) is 28.5 Å². The molecule has 0 aromatic heterocycles. The molecule has 0 unspecified atom stereocenters. The second kappa shape index (κ2) is 6.27. The van der Waals surface area contributed by atoms with Gasteiger partial charge in [0.25, 0.3) is 0 Å². The van der Waals surface area contributed by atoms with Gasteiger partial charge in [-0.15, -0.1) is 11.6 Å². The minimum Gasteiger partial charge on any atom is -0.496 e. The Bertz CT molecular complexity index is 407. The molecule has 0 aliphatic heterocycles. The summed E-state index contributed by atoms with van der Waals surface area (Å²) in [6.07, 6.45) is 2.31. The fourth-order valence-electron chi connectivity index (χ4n) is 2.47. The van der Waals surface area contributed by atoms with E-state index in [0.717, 1.165) is 42.1 Å². The van der Waals surface area contributed by atoms with Crippen LogP contribution in [0.3, 0.4) is 0 Å². The topological polar surface area (TPSA) is 12.5 Å². The lowest BCUT2D eigenvalue weighted by atomic mass is 9.84. The third kappa shape index (κ3) is 3.62. The van der Waals surface area contributed by atoms with Gasteiger partial charge in [-0.25, -0.2) is 0 Å². The maximum atomic E-state index is 6.01. The molecule has 0 atom stereocenters. The molecule has 1 aromatic carbocycles. The molecule has 0 radical (unpaired) electrons. The van der Waals surface area contributed by atoms with Crippen LogP contribution in [-0.2, 0) is 6.54 Å². The zero-order chi connectivity index (χ0) is 13.1. The molecule has 0 heterocycles. The van der Waals surface area contributed by atoms with Crippen LogP contribution >= 0.6 is 27.5 Å². The van der Waals surface area contributed by atoms with E-state index in [9.17, 15) is 0 Å². The molecular formula is C14H19BrClNO. The average Bonchev–Trinajstić information content (AvgIpc) is 2.27. The van der Waals surface area contributed by atoms with Crippen LogP contribution in [0, 0.1) is 5.92 Å². The molecule has 0 amide bonds. The summed E-state index contributed by atoms with van der Waals surface area (Å²) in [5, 5.41) is 0.406. The van der Waals surface area contributed by atoms with Crippen LogP contribution in [0.2, 0.25) is 0 Å². The zero-order valence-corrected chi connectivity index (χ0v) is 13.2. The summed E-state index contributed by atoms with van der Waals surface area (Å²) in [4.78, 5) is 2.34. The molecule has 1 aromatic rings. The second-order valence-electron chi connectivity index (χ2n) is 5.09. The molecule has 0 spiro atoms. The fraction of sp³-hybridized carbons (Fsp3) is 0.571. The molecule has 2 nitrogen and oxygen atoms in total. The average molecular weight is 333 g/mol. The van der Waals surface area contributed by atoms with Crippen molar-refractivity contribution in [3.63, 3.8) is 0 Å². The van der Waals surface area contributed by atoms with Crippen molar-refractivity contribution in [1.82, 2.24) is 4.90 Å². The first kappa shape index (κ1) is 14.2. The number of hydrogen-bond donors (Lipinski definition) is 0. The van der Waals surface area contributed by atoms with Crippen molar-refractivity contribution in [3.05, 3.63) is 28.2 Å². The molecule has 18 heavy (non-hydrogen) atoms. The number of hydrogen-bond acceptors (Lipinski definition) is 2. The van der Waals surface area contributed by atoms with Gasteiger partial charge >= 0.3 is 0 Å². The normalized spacial score (nSPS) is 22.9. The number of alkyl halides is 1. The largest absolute Gasteiger partial charge is 0.496 e. The Labute approximate surface area is 122 Å². The molecule has 0 N–H and O–H groups in total. The number of ether oxygens (including phenoxy) is 1. The highest BCUT2D eigenvalue weighted by Crippen LogP contribution is 2.33. The van der Waals surface area contributed by atoms with E-state index < -0.39 is 0 Å². The van der Waals surface area contributed by atoms with Crippen molar-refractivity contribution in [2.45, 2.75) is 24.8 Å². The lowest BCUT2D eigenvalue weighted by molar-refractivity contribution is 0.202. The highest BCUT2D eigenvalue weighted by molar-refractivity contribution is 9.10. The van der Waals surface area contributed by atoms with Crippen LogP contribution in [-0.4, -0.2) is 31.0 Å². The summed E-state index contributed by atoms with van der Waals surface area (Å²) in [7, 11) is 3.87. The van der Waals surface area contributed by atoms with E-state index in [1.54, 1.807) is 7.11 Å². The minimum absolute atomic E-state index is 0.406. The number of nitrogens with zero attached hydrogens (tertiary/aromatic N) is 1. The van der Waals surface area contributed by atoms with Crippen LogP contribution in [0.15, 0.2) is 22.7 Å². The van der Waals surface area contributed by atoms with E-state index in [4.69, 9.17) is 16.3 Å². The smallest absolute Gasteiger partial charge is 0.123 e. The number of halogens is 2. The van der Waals surface area contributed by atoms with E-state index in [0.29, 0.717) is 5.38 Å². The Morgan fingerprint density at radius 1 is 1.44 bits per heavy atom. The Kier molecular flexibility index (Phi) is 4.93. The first-order chi connectivity index (χ1) is 8.58. The lowest BCUT2D eigenvalue weighted by Gasteiger charge is -2.34. The van der Waals surface area contributed by atoms with Gasteiger partial charge < -0.3 is 9.64 Å². The predicted molar refractivity (Wildman–Crippen MR) is 79.4 cm³/mol. The van der Waals surface area contributed by atoms with Crippen molar-refractivity contribution in [1.29, 1.82) is 0 Å². The van der Waals surface area contributed by atoms with E-state index in [1.165, 1.54) is 5.56 Å². The summed E-state index contributed by atoms with van der Waals surface area (Å²) in [6.45, 7) is 2.02. The molecule has 0 bridgehead atoms. The quantitative estimate of drug-likeness (QED) is 0.758. The molecule has 1 aliphatic carbocycles. The molecule has 0 saturated heterocycles. The monoisotopic (exact) mass is 331 g/mol. The third-order valence-electron chi connectivity index (χ3n) is 3.43. The second-order valence-corrected chi connectivity index (χ2v) is 6.62.